The largest absolute Gasteiger partial charge is 0.412 e. The number of carbonyl (C=O) groups excluding carboxylic acids is 1. The molecule has 0 saturated carbocycles. The number of carbonyl (C=O) groups is 1. The molecule has 0 bridgehead atoms. The van der Waals surface area contributed by atoms with Crippen LogP contribution in [-0.4, -0.2) is 25.4 Å². The predicted molar refractivity (Wildman–Crippen MR) is 73.1 cm³/mol. The second-order valence-corrected chi connectivity index (χ2v) is 4.53. The van der Waals surface area contributed by atoms with Crippen molar-refractivity contribution in [1.29, 1.82) is 0 Å². The highest BCUT2D eigenvalue weighted by molar-refractivity contribution is 6.31. The molecule has 0 saturated heterocycles. The number of halogens is 1. The van der Waals surface area contributed by atoms with Gasteiger partial charge >= 0.3 is 12.1 Å². The Labute approximate surface area is 118 Å². The molecule has 102 valence electrons. The Balaban J connectivity index is 2.22. The minimum Gasteiger partial charge on any atom is -0.374 e. The maximum Gasteiger partial charge on any atom is 0.412 e. The fourth-order valence-corrected chi connectivity index (χ4v) is 2.27. The number of nitrogens with zero attached hydrogens (tertiary/aromatic N) is 4. The number of aryl methyl sites for hydroxylation is 1. The van der Waals surface area contributed by atoms with Crippen LogP contribution in [0.4, 0.5) is 4.79 Å². The molecule has 0 atom stereocenters. The molecule has 2 aromatic heterocycles. The number of amides is 1. The molecule has 0 fully saturated rings. The van der Waals surface area contributed by atoms with Gasteiger partial charge in [0.15, 0.2) is 0 Å². The van der Waals surface area contributed by atoms with Crippen LogP contribution >= 0.6 is 11.6 Å². The van der Waals surface area contributed by atoms with Crippen LogP contribution in [0.3, 0.4) is 0 Å². The van der Waals surface area contributed by atoms with Gasteiger partial charge < -0.3 is 15.0 Å². The van der Waals surface area contributed by atoms with Crippen LogP contribution in [0.15, 0.2) is 30.6 Å². The van der Waals surface area contributed by atoms with Crippen molar-refractivity contribution in [2.45, 2.75) is 0 Å². The molecule has 7 nitrogen and oxygen atoms in total. The highest BCUT2D eigenvalue weighted by atomic mass is 35.5. The third-order valence-electron chi connectivity index (χ3n) is 2.97. The van der Waals surface area contributed by atoms with Crippen molar-refractivity contribution in [3.05, 3.63) is 35.7 Å². The summed E-state index contributed by atoms with van der Waals surface area (Å²) < 4.78 is 8.19. The highest BCUT2D eigenvalue weighted by Gasteiger charge is 2.14. The van der Waals surface area contributed by atoms with Gasteiger partial charge in [-0.15, -0.1) is 5.10 Å². The zero-order chi connectivity index (χ0) is 14.3. The molecule has 0 radical (unpaired) electrons. The van der Waals surface area contributed by atoms with Crippen LogP contribution in [0, 0.1) is 0 Å². The first-order chi connectivity index (χ1) is 9.58. The number of hydrogen-bond acceptors (Lipinski definition) is 4. The van der Waals surface area contributed by atoms with Crippen molar-refractivity contribution in [2.75, 3.05) is 0 Å². The number of primary amides is 1. The summed E-state index contributed by atoms with van der Waals surface area (Å²) in [5, 5.41) is 8.93. The quantitative estimate of drug-likeness (QED) is 0.780. The first-order valence-corrected chi connectivity index (χ1v) is 6.07. The Kier molecular flexibility index (Phi) is 2.83. The number of aromatic nitrogens is 4. The monoisotopic (exact) mass is 291 g/mol. The highest BCUT2D eigenvalue weighted by Crippen LogP contribution is 2.29. The summed E-state index contributed by atoms with van der Waals surface area (Å²) in [5.74, 6) is 0. The van der Waals surface area contributed by atoms with Gasteiger partial charge in [0.2, 0.25) is 0 Å². The molecular formula is C12H10ClN5O2. The SMILES string of the molecule is Cn1c(Cl)cc2c(-n3cnnc3OC(N)=O)cccc21. The van der Waals surface area contributed by atoms with Gasteiger partial charge in [-0.05, 0) is 18.2 Å². The lowest BCUT2D eigenvalue weighted by Crippen LogP contribution is -2.18. The molecule has 3 rings (SSSR count). The van der Waals surface area contributed by atoms with Gasteiger partial charge in [0.25, 0.3) is 0 Å². The molecule has 2 heterocycles. The van der Waals surface area contributed by atoms with Crippen molar-refractivity contribution in [3.63, 3.8) is 0 Å². The van der Waals surface area contributed by atoms with E-state index in [0.717, 1.165) is 16.6 Å². The third kappa shape index (κ3) is 1.88. The summed E-state index contributed by atoms with van der Waals surface area (Å²) in [5.41, 5.74) is 6.68. The Morgan fingerprint density at radius 3 is 3.00 bits per heavy atom. The van der Waals surface area contributed by atoms with E-state index >= 15 is 0 Å². The van der Waals surface area contributed by atoms with Gasteiger partial charge in [-0.25, -0.2) is 4.79 Å². The van der Waals surface area contributed by atoms with Gasteiger partial charge in [-0.1, -0.05) is 22.8 Å². The van der Waals surface area contributed by atoms with Crippen molar-refractivity contribution in [2.24, 2.45) is 12.8 Å². The molecule has 20 heavy (non-hydrogen) atoms. The Morgan fingerprint density at radius 1 is 1.45 bits per heavy atom. The van der Waals surface area contributed by atoms with E-state index in [2.05, 4.69) is 10.2 Å². The van der Waals surface area contributed by atoms with Gasteiger partial charge in [0.1, 0.15) is 11.5 Å². The van der Waals surface area contributed by atoms with Gasteiger partial charge in [-0.3, -0.25) is 4.57 Å². The van der Waals surface area contributed by atoms with Crippen LogP contribution in [0.2, 0.25) is 5.15 Å². The standard InChI is InChI=1S/C12H10ClN5O2/c1-17-8-3-2-4-9(7(8)5-10(17)13)18-6-15-16-12(18)20-11(14)19/h2-6H,1H3,(H2,14,19). The zero-order valence-corrected chi connectivity index (χ0v) is 11.2. The topological polar surface area (TPSA) is 88.0 Å². The van der Waals surface area contributed by atoms with E-state index in [1.54, 1.807) is 0 Å². The molecule has 1 aromatic carbocycles. The van der Waals surface area contributed by atoms with Crippen molar-refractivity contribution in [3.8, 4) is 11.7 Å². The number of nitrogens with two attached hydrogens (primary N) is 1. The predicted octanol–water partition coefficient (Wildman–Crippen LogP) is 1.87. The molecular weight excluding hydrogens is 282 g/mol. The van der Waals surface area contributed by atoms with E-state index in [0.29, 0.717) is 5.15 Å². The molecule has 3 aromatic rings. The summed E-state index contributed by atoms with van der Waals surface area (Å²) in [6.07, 6.45) is 0.492. The van der Waals surface area contributed by atoms with Crippen molar-refractivity contribution in [1.82, 2.24) is 19.3 Å². The van der Waals surface area contributed by atoms with E-state index in [9.17, 15) is 4.79 Å². The first-order valence-electron chi connectivity index (χ1n) is 5.69. The summed E-state index contributed by atoms with van der Waals surface area (Å²) >= 11 is 6.13. The van der Waals surface area contributed by atoms with Crippen molar-refractivity contribution < 1.29 is 9.53 Å². The molecule has 0 aliphatic carbocycles. The average Bonchev–Trinajstić information content (AvgIpc) is 2.95. The molecule has 1 amide bonds. The number of rotatable bonds is 2. The number of hydrogen-bond donors (Lipinski definition) is 1. The first kappa shape index (κ1) is 12.5. The molecule has 0 aliphatic rings. The van der Waals surface area contributed by atoms with Crippen LogP contribution in [-0.2, 0) is 7.05 Å². The maximum absolute atomic E-state index is 10.9. The summed E-state index contributed by atoms with van der Waals surface area (Å²) in [6.45, 7) is 0. The van der Waals surface area contributed by atoms with Crippen LogP contribution in [0.25, 0.3) is 16.6 Å². The number of ether oxygens (including phenoxy) is 1. The lowest BCUT2D eigenvalue weighted by Gasteiger charge is -2.07. The molecule has 0 aliphatic heterocycles. The molecule has 2 N–H and O–H groups in total. The summed E-state index contributed by atoms with van der Waals surface area (Å²) in [6, 6.07) is 7.46. The van der Waals surface area contributed by atoms with Gasteiger partial charge in [0, 0.05) is 12.4 Å². The average molecular weight is 292 g/mol. The van der Waals surface area contributed by atoms with Crippen molar-refractivity contribution >= 4 is 28.6 Å². The van der Waals surface area contributed by atoms with Crippen LogP contribution in [0.5, 0.6) is 6.01 Å². The van der Waals surface area contributed by atoms with Crippen LogP contribution < -0.4 is 10.5 Å². The number of fused-ring (bicyclic) bond motifs is 1. The van der Waals surface area contributed by atoms with E-state index in [-0.39, 0.29) is 6.01 Å². The fourth-order valence-electron chi connectivity index (χ4n) is 2.07. The van der Waals surface area contributed by atoms with E-state index < -0.39 is 6.09 Å². The minimum atomic E-state index is -0.947. The number of benzene rings is 1. The fraction of sp³-hybridized carbons (Fsp3) is 0.0833. The maximum atomic E-state index is 10.9. The molecule has 8 heteroatoms. The van der Waals surface area contributed by atoms with Gasteiger partial charge in [-0.2, -0.15) is 0 Å². The third-order valence-corrected chi connectivity index (χ3v) is 3.34. The Hall–Kier alpha value is -2.54. The van der Waals surface area contributed by atoms with E-state index in [1.807, 2.05) is 35.9 Å². The minimum absolute atomic E-state index is 0.00461. The van der Waals surface area contributed by atoms with Gasteiger partial charge in [0.05, 0.1) is 11.2 Å². The second kappa shape index (κ2) is 4.53. The normalized spacial score (nSPS) is 10.9. The summed E-state index contributed by atoms with van der Waals surface area (Å²) in [7, 11) is 1.86. The zero-order valence-electron chi connectivity index (χ0n) is 10.4. The molecule has 0 unspecified atom stereocenters. The second-order valence-electron chi connectivity index (χ2n) is 4.14. The van der Waals surface area contributed by atoms with Crippen LogP contribution in [0.1, 0.15) is 0 Å². The van der Waals surface area contributed by atoms with E-state index in [4.69, 9.17) is 22.1 Å². The lowest BCUT2D eigenvalue weighted by molar-refractivity contribution is 0.206. The Bertz CT molecular complexity index is 807. The summed E-state index contributed by atoms with van der Waals surface area (Å²) in [4.78, 5) is 10.9. The van der Waals surface area contributed by atoms with E-state index in [1.165, 1.54) is 10.9 Å². The lowest BCUT2D eigenvalue weighted by atomic mass is 10.2. The molecule has 0 spiro atoms. The smallest absolute Gasteiger partial charge is 0.374 e. The Morgan fingerprint density at radius 2 is 2.25 bits per heavy atom.